The van der Waals surface area contributed by atoms with Crippen LogP contribution in [0.4, 0.5) is 11.4 Å². The molecule has 1 unspecified atom stereocenters. The number of amides is 1. The molecule has 0 aromatic heterocycles. The van der Waals surface area contributed by atoms with Gasteiger partial charge in [-0.3, -0.25) is 4.79 Å². The van der Waals surface area contributed by atoms with Crippen molar-refractivity contribution in [2.45, 2.75) is 26.7 Å². The second-order valence-corrected chi connectivity index (χ2v) is 4.23. The molecule has 1 rings (SSSR count). The van der Waals surface area contributed by atoms with Crippen molar-refractivity contribution in [3.63, 3.8) is 0 Å². The van der Waals surface area contributed by atoms with Crippen molar-refractivity contribution in [1.82, 2.24) is 0 Å². The maximum absolute atomic E-state index is 11.9. The Morgan fingerprint density at radius 3 is 2.62 bits per heavy atom. The van der Waals surface area contributed by atoms with Gasteiger partial charge < -0.3 is 10.6 Å². The van der Waals surface area contributed by atoms with Crippen LogP contribution in [0.3, 0.4) is 0 Å². The van der Waals surface area contributed by atoms with Gasteiger partial charge in [0.05, 0.1) is 11.4 Å². The van der Waals surface area contributed by atoms with E-state index in [1.165, 1.54) is 0 Å². The minimum Gasteiger partial charge on any atom is -0.397 e. The molecule has 3 heteroatoms. The van der Waals surface area contributed by atoms with E-state index in [4.69, 9.17) is 5.73 Å². The lowest BCUT2D eigenvalue weighted by Gasteiger charge is -2.20. The Kier molecular flexibility index (Phi) is 4.35. The minimum atomic E-state index is 0.118. The Morgan fingerprint density at radius 2 is 2.06 bits per heavy atom. The van der Waals surface area contributed by atoms with E-state index >= 15 is 0 Å². The molecule has 1 atom stereocenters. The van der Waals surface area contributed by atoms with Crippen LogP contribution >= 0.6 is 0 Å². The highest BCUT2D eigenvalue weighted by Crippen LogP contribution is 2.22. The molecule has 0 radical (unpaired) electrons. The van der Waals surface area contributed by atoms with Crippen LogP contribution in [0.1, 0.15) is 26.7 Å². The first-order chi connectivity index (χ1) is 7.56. The van der Waals surface area contributed by atoms with Gasteiger partial charge in [0.15, 0.2) is 0 Å². The standard InChI is InChI=1S/C13H20N2O/c1-4-10(2)9-13(16)15(3)12-8-6-5-7-11(12)14/h5-8,10H,4,9,14H2,1-3H3. The highest BCUT2D eigenvalue weighted by atomic mass is 16.2. The first-order valence-corrected chi connectivity index (χ1v) is 5.67. The van der Waals surface area contributed by atoms with Crippen LogP contribution in [-0.4, -0.2) is 13.0 Å². The Morgan fingerprint density at radius 1 is 1.44 bits per heavy atom. The molecule has 0 heterocycles. The summed E-state index contributed by atoms with van der Waals surface area (Å²) in [4.78, 5) is 13.6. The van der Waals surface area contributed by atoms with Gasteiger partial charge in [0.25, 0.3) is 0 Å². The summed E-state index contributed by atoms with van der Waals surface area (Å²) in [6.45, 7) is 4.18. The van der Waals surface area contributed by atoms with Crippen molar-refractivity contribution < 1.29 is 4.79 Å². The van der Waals surface area contributed by atoms with Crippen molar-refractivity contribution >= 4 is 17.3 Å². The van der Waals surface area contributed by atoms with E-state index in [0.29, 0.717) is 18.0 Å². The lowest BCUT2D eigenvalue weighted by atomic mass is 10.0. The molecule has 0 spiro atoms. The van der Waals surface area contributed by atoms with Crippen molar-refractivity contribution in [2.75, 3.05) is 17.7 Å². The number of hydrogen-bond acceptors (Lipinski definition) is 2. The molecule has 0 aliphatic carbocycles. The van der Waals surface area contributed by atoms with Crippen LogP contribution in [0, 0.1) is 5.92 Å². The topological polar surface area (TPSA) is 46.3 Å². The van der Waals surface area contributed by atoms with E-state index in [2.05, 4.69) is 13.8 Å². The number of benzene rings is 1. The van der Waals surface area contributed by atoms with Gasteiger partial charge in [-0.25, -0.2) is 0 Å². The monoisotopic (exact) mass is 220 g/mol. The van der Waals surface area contributed by atoms with Gasteiger partial charge in [-0.15, -0.1) is 0 Å². The number of nitrogens with two attached hydrogens (primary N) is 1. The Balaban J connectivity index is 2.75. The summed E-state index contributed by atoms with van der Waals surface area (Å²) < 4.78 is 0. The number of nitrogens with zero attached hydrogens (tertiary/aromatic N) is 1. The predicted octanol–water partition coefficient (Wildman–Crippen LogP) is 2.67. The zero-order valence-electron chi connectivity index (χ0n) is 10.2. The van der Waals surface area contributed by atoms with Gasteiger partial charge in [-0.05, 0) is 18.1 Å². The summed E-state index contributed by atoms with van der Waals surface area (Å²) in [5.41, 5.74) is 7.26. The molecular weight excluding hydrogens is 200 g/mol. The Hall–Kier alpha value is -1.51. The SMILES string of the molecule is CCC(C)CC(=O)N(C)c1ccccc1N. The molecule has 1 aromatic carbocycles. The predicted molar refractivity (Wildman–Crippen MR) is 68.3 cm³/mol. The van der Waals surface area contributed by atoms with Gasteiger partial charge in [0.1, 0.15) is 0 Å². The molecule has 1 amide bonds. The van der Waals surface area contributed by atoms with Crippen molar-refractivity contribution in [3.05, 3.63) is 24.3 Å². The van der Waals surface area contributed by atoms with Crippen molar-refractivity contribution in [2.24, 2.45) is 5.92 Å². The summed E-state index contributed by atoms with van der Waals surface area (Å²) in [5, 5.41) is 0. The molecule has 88 valence electrons. The lowest BCUT2D eigenvalue weighted by Crippen LogP contribution is -2.28. The minimum absolute atomic E-state index is 0.118. The quantitative estimate of drug-likeness (QED) is 0.793. The zero-order chi connectivity index (χ0) is 12.1. The van der Waals surface area contributed by atoms with Crippen LogP contribution in [0.5, 0.6) is 0 Å². The number of carbonyl (C=O) groups excluding carboxylic acids is 1. The maximum atomic E-state index is 11.9. The zero-order valence-corrected chi connectivity index (χ0v) is 10.2. The summed E-state index contributed by atoms with van der Waals surface area (Å²) in [7, 11) is 1.77. The number of nitrogen functional groups attached to an aromatic ring is 1. The van der Waals surface area contributed by atoms with Crippen LogP contribution in [0.15, 0.2) is 24.3 Å². The van der Waals surface area contributed by atoms with Gasteiger partial charge in [0.2, 0.25) is 5.91 Å². The van der Waals surface area contributed by atoms with E-state index in [0.717, 1.165) is 12.1 Å². The van der Waals surface area contributed by atoms with E-state index in [1.807, 2.05) is 24.3 Å². The summed E-state index contributed by atoms with van der Waals surface area (Å²) in [5.74, 6) is 0.534. The van der Waals surface area contributed by atoms with Crippen LogP contribution < -0.4 is 10.6 Å². The van der Waals surface area contributed by atoms with Gasteiger partial charge >= 0.3 is 0 Å². The van der Waals surface area contributed by atoms with Gasteiger partial charge in [-0.2, -0.15) is 0 Å². The number of anilines is 2. The first kappa shape index (κ1) is 12.6. The normalized spacial score (nSPS) is 12.2. The first-order valence-electron chi connectivity index (χ1n) is 5.67. The van der Waals surface area contributed by atoms with Crippen molar-refractivity contribution in [1.29, 1.82) is 0 Å². The molecule has 0 aliphatic rings. The lowest BCUT2D eigenvalue weighted by molar-refractivity contribution is -0.119. The molecule has 2 N–H and O–H groups in total. The summed E-state index contributed by atoms with van der Waals surface area (Å²) in [6.07, 6.45) is 1.59. The molecule has 16 heavy (non-hydrogen) atoms. The third-order valence-corrected chi connectivity index (χ3v) is 2.89. The highest BCUT2D eigenvalue weighted by molar-refractivity contribution is 5.95. The third kappa shape index (κ3) is 2.99. The fourth-order valence-electron chi connectivity index (χ4n) is 1.51. The average Bonchev–Trinajstić information content (AvgIpc) is 2.28. The fourth-order valence-corrected chi connectivity index (χ4v) is 1.51. The molecule has 3 nitrogen and oxygen atoms in total. The average molecular weight is 220 g/mol. The van der Waals surface area contributed by atoms with E-state index in [1.54, 1.807) is 11.9 Å². The molecule has 0 saturated carbocycles. The highest BCUT2D eigenvalue weighted by Gasteiger charge is 2.15. The van der Waals surface area contributed by atoms with E-state index in [-0.39, 0.29) is 5.91 Å². The number of carbonyl (C=O) groups is 1. The largest absolute Gasteiger partial charge is 0.397 e. The summed E-state index contributed by atoms with van der Waals surface area (Å²) in [6, 6.07) is 7.43. The summed E-state index contributed by atoms with van der Waals surface area (Å²) >= 11 is 0. The van der Waals surface area contributed by atoms with Crippen molar-refractivity contribution in [3.8, 4) is 0 Å². The molecule has 0 bridgehead atoms. The fraction of sp³-hybridized carbons (Fsp3) is 0.462. The molecule has 0 aliphatic heterocycles. The Labute approximate surface area is 97.2 Å². The maximum Gasteiger partial charge on any atom is 0.227 e. The van der Waals surface area contributed by atoms with Crippen LogP contribution in [0.2, 0.25) is 0 Å². The number of hydrogen-bond donors (Lipinski definition) is 1. The van der Waals surface area contributed by atoms with Crippen LogP contribution in [-0.2, 0) is 4.79 Å². The van der Waals surface area contributed by atoms with E-state index < -0.39 is 0 Å². The molecular formula is C13H20N2O. The Bertz CT molecular complexity index is 363. The number of para-hydroxylation sites is 2. The second kappa shape index (κ2) is 5.54. The van der Waals surface area contributed by atoms with E-state index in [9.17, 15) is 4.79 Å². The van der Waals surface area contributed by atoms with Gasteiger partial charge in [-0.1, -0.05) is 32.4 Å². The third-order valence-electron chi connectivity index (χ3n) is 2.89. The number of rotatable bonds is 4. The van der Waals surface area contributed by atoms with Gasteiger partial charge in [0, 0.05) is 13.5 Å². The van der Waals surface area contributed by atoms with Crippen LogP contribution in [0.25, 0.3) is 0 Å². The second-order valence-electron chi connectivity index (χ2n) is 4.23. The molecule has 1 aromatic rings. The smallest absolute Gasteiger partial charge is 0.227 e. The molecule has 0 saturated heterocycles. The molecule has 0 fully saturated rings.